The van der Waals surface area contributed by atoms with Crippen molar-refractivity contribution in [3.05, 3.63) is 70.8 Å². The molecule has 1 atom stereocenters. The van der Waals surface area contributed by atoms with Crippen molar-refractivity contribution >= 4 is 0 Å². The number of aryl methyl sites for hydroxylation is 2. The molecule has 0 heterocycles. The van der Waals surface area contributed by atoms with Crippen LogP contribution in [0.3, 0.4) is 0 Å². The van der Waals surface area contributed by atoms with Gasteiger partial charge in [-0.05, 0) is 44.9 Å². The Morgan fingerprint density at radius 1 is 0.842 bits per heavy atom. The molecular weight excluding hydrogens is 230 g/mol. The molecule has 0 fully saturated rings. The number of benzene rings is 2. The molecule has 2 rings (SSSR count). The molecule has 0 amide bonds. The molecule has 0 radical (unpaired) electrons. The zero-order chi connectivity index (χ0) is 13.7. The first-order valence-electron chi connectivity index (χ1n) is 6.96. The van der Waals surface area contributed by atoms with Crippen LogP contribution >= 0.6 is 0 Å². The lowest BCUT2D eigenvalue weighted by Gasteiger charge is -2.17. The van der Waals surface area contributed by atoms with Crippen LogP contribution in [0, 0.1) is 13.8 Å². The normalized spacial score (nSPS) is 12.4. The first kappa shape index (κ1) is 13.8. The maximum absolute atomic E-state index is 3.43. The molecule has 100 valence electrons. The van der Waals surface area contributed by atoms with Crippen molar-refractivity contribution in [3.8, 4) is 0 Å². The minimum Gasteiger partial charge on any atom is -0.316 e. The predicted molar refractivity (Wildman–Crippen MR) is 82.6 cm³/mol. The molecule has 1 N–H and O–H groups in total. The Labute approximate surface area is 116 Å². The van der Waals surface area contributed by atoms with Gasteiger partial charge >= 0.3 is 0 Å². The van der Waals surface area contributed by atoms with Crippen molar-refractivity contribution in [2.45, 2.75) is 32.7 Å². The maximum atomic E-state index is 3.43. The summed E-state index contributed by atoms with van der Waals surface area (Å²) >= 11 is 0. The SMILES string of the molecule is CNC(Cc1ccc(C)cc1)Cc1cccc(C)c1. The summed E-state index contributed by atoms with van der Waals surface area (Å²) in [7, 11) is 2.05. The molecule has 0 bridgehead atoms. The van der Waals surface area contributed by atoms with Gasteiger partial charge in [-0.25, -0.2) is 0 Å². The fourth-order valence-electron chi connectivity index (χ4n) is 2.41. The average Bonchev–Trinajstić information content (AvgIpc) is 2.40. The largest absolute Gasteiger partial charge is 0.316 e. The molecule has 0 spiro atoms. The third-order valence-electron chi connectivity index (χ3n) is 3.58. The molecular formula is C18H23N. The summed E-state index contributed by atoms with van der Waals surface area (Å²) in [6.45, 7) is 4.28. The highest BCUT2D eigenvalue weighted by molar-refractivity contribution is 5.25. The lowest BCUT2D eigenvalue weighted by Crippen LogP contribution is -2.29. The third-order valence-corrected chi connectivity index (χ3v) is 3.58. The van der Waals surface area contributed by atoms with Gasteiger partial charge in [0.2, 0.25) is 0 Å². The number of hydrogen-bond donors (Lipinski definition) is 1. The summed E-state index contributed by atoms with van der Waals surface area (Å²) in [6.07, 6.45) is 2.15. The quantitative estimate of drug-likeness (QED) is 0.857. The van der Waals surface area contributed by atoms with E-state index in [1.54, 1.807) is 0 Å². The van der Waals surface area contributed by atoms with Crippen molar-refractivity contribution in [2.75, 3.05) is 7.05 Å². The minimum atomic E-state index is 0.490. The van der Waals surface area contributed by atoms with E-state index in [-0.39, 0.29) is 0 Å². The summed E-state index contributed by atoms with van der Waals surface area (Å²) in [6, 6.07) is 18.1. The van der Waals surface area contributed by atoms with Gasteiger partial charge in [0.25, 0.3) is 0 Å². The molecule has 1 unspecified atom stereocenters. The Kier molecular flexibility index (Phi) is 4.75. The Morgan fingerprint density at radius 2 is 1.53 bits per heavy atom. The number of nitrogens with one attached hydrogen (secondary N) is 1. The fraction of sp³-hybridized carbons (Fsp3) is 0.333. The monoisotopic (exact) mass is 253 g/mol. The molecule has 0 aliphatic carbocycles. The molecule has 0 saturated heterocycles. The van der Waals surface area contributed by atoms with Gasteiger partial charge in [-0.1, -0.05) is 59.7 Å². The highest BCUT2D eigenvalue weighted by Crippen LogP contribution is 2.11. The van der Waals surface area contributed by atoms with Crippen molar-refractivity contribution in [3.63, 3.8) is 0 Å². The van der Waals surface area contributed by atoms with Gasteiger partial charge in [-0.2, -0.15) is 0 Å². The van der Waals surface area contributed by atoms with Crippen LogP contribution in [0.4, 0.5) is 0 Å². The first-order chi connectivity index (χ1) is 9.17. The first-order valence-corrected chi connectivity index (χ1v) is 6.96. The lowest BCUT2D eigenvalue weighted by atomic mass is 9.98. The summed E-state index contributed by atoms with van der Waals surface area (Å²) in [5, 5.41) is 3.43. The number of hydrogen-bond acceptors (Lipinski definition) is 1. The van der Waals surface area contributed by atoms with E-state index in [4.69, 9.17) is 0 Å². The van der Waals surface area contributed by atoms with Crippen molar-refractivity contribution in [1.29, 1.82) is 0 Å². The van der Waals surface area contributed by atoms with Gasteiger partial charge in [0.1, 0.15) is 0 Å². The minimum absolute atomic E-state index is 0.490. The smallest absolute Gasteiger partial charge is 0.0145 e. The van der Waals surface area contributed by atoms with Gasteiger partial charge in [0, 0.05) is 6.04 Å². The van der Waals surface area contributed by atoms with E-state index >= 15 is 0 Å². The Morgan fingerprint density at radius 3 is 2.16 bits per heavy atom. The zero-order valence-electron chi connectivity index (χ0n) is 12.1. The van der Waals surface area contributed by atoms with Crippen LogP contribution in [-0.4, -0.2) is 13.1 Å². The molecule has 0 aliphatic rings. The summed E-state index contributed by atoms with van der Waals surface area (Å²) < 4.78 is 0. The molecule has 2 aromatic carbocycles. The lowest BCUT2D eigenvalue weighted by molar-refractivity contribution is 0.556. The standard InChI is InChI=1S/C18H23N/c1-14-7-9-16(10-8-14)12-18(19-3)13-17-6-4-5-15(2)11-17/h4-11,18-19H,12-13H2,1-3H3. The van der Waals surface area contributed by atoms with E-state index < -0.39 is 0 Å². The zero-order valence-corrected chi connectivity index (χ0v) is 12.1. The van der Waals surface area contributed by atoms with E-state index in [2.05, 4.69) is 74.7 Å². The molecule has 2 aromatic rings. The van der Waals surface area contributed by atoms with Crippen LogP contribution in [-0.2, 0) is 12.8 Å². The second-order valence-electron chi connectivity index (χ2n) is 5.37. The van der Waals surface area contributed by atoms with Crippen molar-refractivity contribution < 1.29 is 0 Å². The molecule has 1 heteroatoms. The highest BCUT2D eigenvalue weighted by Gasteiger charge is 2.08. The van der Waals surface area contributed by atoms with Crippen LogP contribution in [0.25, 0.3) is 0 Å². The molecule has 1 nitrogen and oxygen atoms in total. The van der Waals surface area contributed by atoms with Crippen LogP contribution in [0.1, 0.15) is 22.3 Å². The van der Waals surface area contributed by atoms with Crippen LogP contribution in [0.15, 0.2) is 48.5 Å². The van der Waals surface area contributed by atoms with Gasteiger partial charge in [0.15, 0.2) is 0 Å². The average molecular weight is 253 g/mol. The van der Waals surface area contributed by atoms with Crippen molar-refractivity contribution in [2.24, 2.45) is 0 Å². The van der Waals surface area contributed by atoms with Crippen LogP contribution in [0.5, 0.6) is 0 Å². The molecule has 19 heavy (non-hydrogen) atoms. The molecule has 0 aliphatic heterocycles. The van der Waals surface area contributed by atoms with E-state index in [1.807, 2.05) is 0 Å². The van der Waals surface area contributed by atoms with E-state index in [0.717, 1.165) is 12.8 Å². The third kappa shape index (κ3) is 4.22. The topological polar surface area (TPSA) is 12.0 Å². The Hall–Kier alpha value is -1.60. The summed E-state index contributed by atoms with van der Waals surface area (Å²) in [5.41, 5.74) is 5.47. The van der Waals surface area contributed by atoms with Crippen LogP contribution < -0.4 is 5.32 Å². The van der Waals surface area contributed by atoms with Gasteiger partial charge in [-0.3, -0.25) is 0 Å². The van der Waals surface area contributed by atoms with Gasteiger partial charge < -0.3 is 5.32 Å². The predicted octanol–water partition coefficient (Wildman–Crippen LogP) is 3.68. The molecule has 0 aromatic heterocycles. The summed E-state index contributed by atoms with van der Waals surface area (Å²) in [4.78, 5) is 0. The Balaban J connectivity index is 2.02. The number of likely N-dealkylation sites (N-methyl/N-ethyl adjacent to an activating group) is 1. The maximum Gasteiger partial charge on any atom is 0.0145 e. The number of rotatable bonds is 5. The van der Waals surface area contributed by atoms with Gasteiger partial charge in [0.05, 0.1) is 0 Å². The fourth-order valence-corrected chi connectivity index (χ4v) is 2.41. The highest BCUT2D eigenvalue weighted by atomic mass is 14.9. The van der Waals surface area contributed by atoms with Crippen molar-refractivity contribution in [1.82, 2.24) is 5.32 Å². The molecule has 0 saturated carbocycles. The van der Waals surface area contributed by atoms with Crippen LogP contribution in [0.2, 0.25) is 0 Å². The van der Waals surface area contributed by atoms with Gasteiger partial charge in [-0.15, -0.1) is 0 Å². The Bertz CT molecular complexity index is 513. The second kappa shape index (κ2) is 6.53. The summed E-state index contributed by atoms with van der Waals surface area (Å²) in [5.74, 6) is 0. The van der Waals surface area contributed by atoms with E-state index in [9.17, 15) is 0 Å². The van der Waals surface area contributed by atoms with E-state index in [1.165, 1.54) is 22.3 Å². The second-order valence-corrected chi connectivity index (χ2v) is 5.37. The van der Waals surface area contributed by atoms with E-state index in [0.29, 0.717) is 6.04 Å².